The predicted octanol–water partition coefficient (Wildman–Crippen LogP) is 0.808. The fraction of sp³-hybridized carbons (Fsp3) is 0.917. The maximum Gasteiger partial charge on any atom is 0.223 e. The number of ketones is 1. The summed E-state index contributed by atoms with van der Waals surface area (Å²) in [4.78, 5) is 11.6. The van der Waals surface area contributed by atoms with Gasteiger partial charge in [0.1, 0.15) is 0 Å². The van der Waals surface area contributed by atoms with Gasteiger partial charge in [-0.25, -0.2) is 0 Å². The highest BCUT2D eigenvalue weighted by Crippen LogP contribution is 2.14. The highest BCUT2D eigenvalue weighted by Gasteiger charge is 2.30. The Kier molecular flexibility index (Phi) is 7.54. The number of aliphatic hydroxyl groups is 3. The molecule has 0 aliphatic carbocycles. The second-order valence-electron chi connectivity index (χ2n) is 4.81. The van der Waals surface area contributed by atoms with Crippen molar-refractivity contribution in [2.75, 3.05) is 6.61 Å². The van der Waals surface area contributed by atoms with Crippen LogP contribution in [-0.4, -0.2) is 39.8 Å². The molecule has 3 N–H and O–H groups in total. The fourth-order valence-electron chi connectivity index (χ4n) is 1.25. The SMILES string of the molecule is CC(C)CCOC(C)(O)C(=O)CCCC(O)O. The van der Waals surface area contributed by atoms with Crippen LogP contribution in [0.1, 0.15) is 46.5 Å². The van der Waals surface area contributed by atoms with Gasteiger partial charge in [-0.2, -0.15) is 0 Å². The first kappa shape index (κ1) is 16.5. The summed E-state index contributed by atoms with van der Waals surface area (Å²) in [6, 6.07) is 0. The molecule has 0 fully saturated rings. The van der Waals surface area contributed by atoms with Crippen LogP contribution in [0.2, 0.25) is 0 Å². The molecule has 1 unspecified atom stereocenters. The normalized spacial score (nSPS) is 15.3. The number of hydrogen-bond donors (Lipinski definition) is 3. The molecule has 0 amide bonds. The van der Waals surface area contributed by atoms with E-state index in [1.54, 1.807) is 0 Å². The Balaban J connectivity index is 3.90. The van der Waals surface area contributed by atoms with Crippen LogP contribution in [-0.2, 0) is 9.53 Å². The fourth-order valence-corrected chi connectivity index (χ4v) is 1.25. The van der Waals surface area contributed by atoms with E-state index in [4.69, 9.17) is 14.9 Å². The summed E-state index contributed by atoms with van der Waals surface area (Å²) < 4.78 is 5.14. The van der Waals surface area contributed by atoms with E-state index in [9.17, 15) is 9.90 Å². The summed E-state index contributed by atoms with van der Waals surface area (Å²) >= 11 is 0. The quantitative estimate of drug-likeness (QED) is 0.526. The summed E-state index contributed by atoms with van der Waals surface area (Å²) in [5.41, 5.74) is 0. The zero-order chi connectivity index (χ0) is 13.5. The van der Waals surface area contributed by atoms with E-state index in [2.05, 4.69) is 0 Å². The average Bonchev–Trinajstić information content (AvgIpc) is 2.15. The van der Waals surface area contributed by atoms with Crippen LogP contribution >= 0.6 is 0 Å². The maximum absolute atomic E-state index is 11.6. The Bertz CT molecular complexity index is 223. The largest absolute Gasteiger partial charge is 0.368 e. The highest BCUT2D eigenvalue weighted by atomic mass is 16.6. The molecule has 0 aliphatic heterocycles. The summed E-state index contributed by atoms with van der Waals surface area (Å²) in [7, 11) is 0. The number of ether oxygens (including phenoxy) is 1. The van der Waals surface area contributed by atoms with Gasteiger partial charge in [0.05, 0.1) is 6.61 Å². The van der Waals surface area contributed by atoms with E-state index in [0.717, 1.165) is 6.42 Å². The summed E-state index contributed by atoms with van der Waals surface area (Å²) in [5.74, 6) is -1.75. The van der Waals surface area contributed by atoms with Crippen LogP contribution in [0.15, 0.2) is 0 Å². The second-order valence-corrected chi connectivity index (χ2v) is 4.81. The third-order valence-electron chi connectivity index (χ3n) is 2.46. The Morgan fingerprint density at radius 1 is 1.29 bits per heavy atom. The minimum Gasteiger partial charge on any atom is -0.368 e. The highest BCUT2D eigenvalue weighted by molar-refractivity contribution is 5.85. The van der Waals surface area contributed by atoms with Gasteiger partial charge in [-0.3, -0.25) is 4.79 Å². The van der Waals surface area contributed by atoms with E-state index in [1.165, 1.54) is 6.92 Å². The Morgan fingerprint density at radius 3 is 2.35 bits per heavy atom. The molecule has 0 aromatic carbocycles. The van der Waals surface area contributed by atoms with Gasteiger partial charge in [0, 0.05) is 6.42 Å². The molecule has 5 heteroatoms. The van der Waals surface area contributed by atoms with Crippen LogP contribution in [0.25, 0.3) is 0 Å². The van der Waals surface area contributed by atoms with Crippen LogP contribution < -0.4 is 0 Å². The van der Waals surface area contributed by atoms with Gasteiger partial charge in [-0.15, -0.1) is 0 Å². The third-order valence-corrected chi connectivity index (χ3v) is 2.46. The van der Waals surface area contributed by atoms with Gasteiger partial charge in [0.2, 0.25) is 5.79 Å². The summed E-state index contributed by atoms with van der Waals surface area (Å²) in [6.45, 7) is 5.72. The van der Waals surface area contributed by atoms with Crippen molar-refractivity contribution in [1.82, 2.24) is 0 Å². The molecule has 0 aromatic rings. The van der Waals surface area contributed by atoms with Crippen molar-refractivity contribution < 1.29 is 24.9 Å². The molecule has 0 bridgehead atoms. The molecule has 0 aliphatic rings. The van der Waals surface area contributed by atoms with Crippen LogP contribution in [0.4, 0.5) is 0 Å². The smallest absolute Gasteiger partial charge is 0.223 e. The molecule has 0 spiro atoms. The molecule has 102 valence electrons. The van der Waals surface area contributed by atoms with Gasteiger partial charge < -0.3 is 20.1 Å². The van der Waals surface area contributed by atoms with E-state index in [1.807, 2.05) is 13.8 Å². The molecule has 0 heterocycles. The lowest BCUT2D eigenvalue weighted by Crippen LogP contribution is -2.38. The zero-order valence-electron chi connectivity index (χ0n) is 10.8. The topological polar surface area (TPSA) is 87.0 Å². The van der Waals surface area contributed by atoms with Crippen LogP contribution in [0.5, 0.6) is 0 Å². The van der Waals surface area contributed by atoms with Gasteiger partial charge in [-0.1, -0.05) is 13.8 Å². The molecular formula is C12H24O5. The number of carbonyl (C=O) groups excluding carboxylic acids is 1. The van der Waals surface area contributed by atoms with Crippen LogP contribution in [0.3, 0.4) is 0 Å². The van der Waals surface area contributed by atoms with Gasteiger partial charge in [0.25, 0.3) is 0 Å². The van der Waals surface area contributed by atoms with E-state index in [0.29, 0.717) is 18.9 Å². The molecule has 0 radical (unpaired) electrons. The standard InChI is InChI=1S/C12H24O5/c1-9(2)7-8-17-12(3,16)10(13)5-4-6-11(14)15/h9,11,14-16H,4-8H2,1-3H3. The first-order chi connectivity index (χ1) is 7.75. The zero-order valence-corrected chi connectivity index (χ0v) is 10.8. The number of rotatable bonds is 9. The van der Waals surface area contributed by atoms with Crippen molar-refractivity contribution in [1.29, 1.82) is 0 Å². The number of carbonyl (C=O) groups is 1. The summed E-state index contributed by atoms with van der Waals surface area (Å²) in [5, 5.41) is 27.0. The van der Waals surface area contributed by atoms with Crippen molar-refractivity contribution in [3.63, 3.8) is 0 Å². The Labute approximate surface area is 102 Å². The van der Waals surface area contributed by atoms with Crippen molar-refractivity contribution in [2.24, 2.45) is 5.92 Å². The second kappa shape index (κ2) is 7.76. The number of hydrogen-bond acceptors (Lipinski definition) is 5. The van der Waals surface area contributed by atoms with Crippen LogP contribution in [0, 0.1) is 5.92 Å². The number of aliphatic hydroxyl groups excluding tert-OH is 1. The first-order valence-corrected chi connectivity index (χ1v) is 6.01. The van der Waals surface area contributed by atoms with Gasteiger partial charge in [-0.05, 0) is 32.1 Å². The Hall–Kier alpha value is -0.490. The molecule has 17 heavy (non-hydrogen) atoms. The summed E-state index contributed by atoms with van der Waals surface area (Å²) in [6.07, 6.45) is -0.117. The van der Waals surface area contributed by atoms with E-state index >= 15 is 0 Å². The lowest BCUT2D eigenvalue weighted by atomic mass is 10.1. The first-order valence-electron chi connectivity index (χ1n) is 6.01. The van der Waals surface area contributed by atoms with E-state index in [-0.39, 0.29) is 12.8 Å². The predicted molar refractivity (Wildman–Crippen MR) is 63.1 cm³/mol. The molecule has 1 atom stereocenters. The van der Waals surface area contributed by atoms with Crippen molar-refractivity contribution in [2.45, 2.75) is 58.5 Å². The van der Waals surface area contributed by atoms with E-state index < -0.39 is 17.9 Å². The Morgan fingerprint density at radius 2 is 1.88 bits per heavy atom. The maximum atomic E-state index is 11.6. The third kappa shape index (κ3) is 8.26. The average molecular weight is 248 g/mol. The number of Topliss-reactive ketones (excluding diaryl/α,β-unsaturated/α-hetero) is 1. The lowest BCUT2D eigenvalue weighted by molar-refractivity contribution is -0.198. The van der Waals surface area contributed by atoms with Crippen molar-refractivity contribution in [3.8, 4) is 0 Å². The molecule has 0 saturated heterocycles. The molecule has 0 rings (SSSR count). The molecule has 5 nitrogen and oxygen atoms in total. The minimum atomic E-state index is -1.77. The van der Waals surface area contributed by atoms with Crippen molar-refractivity contribution in [3.05, 3.63) is 0 Å². The molecule has 0 saturated carbocycles. The molecule has 0 aromatic heterocycles. The van der Waals surface area contributed by atoms with Crippen molar-refractivity contribution >= 4 is 5.78 Å². The van der Waals surface area contributed by atoms with Gasteiger partial charge >= 0.3 is 0 Å². The van der Waals surface area contributed by atoms with Gasteiger partial charge in [0.15, 0.2) is 12.1 Å². The monoisotopic (exact) mass is 248 g/mol. The minimum absolute atomic E-state index is 0.0757. The lowest BCUT2D eigenvalue weighted by Gasteiger charge is -2.22. The molecular weight excluding hydrogens is 224 g/mol.